The number of carboxylic acid groups (broad SMARTS) is 1. The number of carbonyl (C=O) groups is 2. The molecular formula is C18H19NO4. The Bertz CT molecular complexity index is 694. The van der Waals surface area contributed by atoms with Gasteiger partial charge >= 0.3 is 5.97 Å². The standard InChI is InChI=1S/C18H19NO4/c1-12-4-3-5-16(10-12)23-13(2)17(20)19-11-14-6-8-15(9-7-14)18(21)22/h3-10,13H,11H2,1-2H3,(H,19,20)(H,21,22). The number of aromatic carboxylic acids is 1. The van der Waals surface area contributed by atoms with E-state index in [2.05, 4.69) is 5.32 Å². The van der Waals surface area contributed by atoms with Crippen molar-refractivity contribution in [3.05, 3.63) is 65.2 Å². The van der Waals surface area contributed by atoms with E-state index in [1.807, 2.05) is 25.1 Å². The molecular weight excluding hydrogens is 294 g/mol. The van der Waals surface area contributed by atoms with E-state index in [4.69, 9.17) is 9.84 Å². The summed E-state index contributed by atoms with van der Waals surface area (Å²) in [5.74, 6) is -0.548. The van der Waals surface area contributed by atoms with E-state index in [-0.39, 0.29) is 11.5 Å². The number of amides is 1. The molecule has 2 rings (SSSR count). The van der Waals surface area contributed by atoms with Gasteiger partial charge in [0.05, 0.1) is 5.56 Å². The topological polar surface area (TPSA) is 75.6 Å². The average molecular weight is 313 g/mol. The number of hydrogen-bond acceptors (Lipinski definition) is 3. The predicted octanol–water partition coefficient (Wildman–Crippen LogP) is 2.78. The molecule has 0 heterocycles. The number of rotatable bonds is 6. The maximum Gasteiger partial charge on any atom is 0.335 e. The van der Waals surface area contributed by atoms with Crippen LogP contribution in [0.2, 0.25) is 0 Å². The highest BCUT2D eigenvalue weighted by molar-refractivity contribution is 5.87. The van der Waals surface area contributed by atoms with Crippen LogP contribution in [0.15, 0.2) is 48.5 Å². The Morgan fingerprint density at radius 1 is 1.17 bits per heavy atom. The van der Waals surface area contributed by atoms with E-state index < -0.39 is 12.1 Å². The van der Waals surface area contributed by atoms with Gasteiger partial charge in [-0.25, -0.2) is 4.79 Å². The van der Waals surface area contributed by atoms with Gasteiger partial charge in [0.15, 0.2) is 6.10 Å². The van der Waals surface area contributed by atoms with Crippen molar-refractivity contribution in [1.29, 1.82) is 0 Å². The van der Waals surface area contributed by atoms with Gasteiger partial charge in [0, 0.05) is 6.54 Å². The molecule has 5 heteroatoms. The van der Waals surface area contributed by atoms with Crippen molar-refractivity contribution in [3.8, 4) is 5.75 Å². The fraction of sp³-hybridized carbons (Fsp3) is 0.222. The minimum atomic E-state index is -0.972. The van der Waals surface area contributed by atoms with Crippen LogP contribution in [0.4, 0.5) is 0 Å². The Hall–Kier alpha value is -2.82. The smallest absolute Gasteiger partial charge is 0.335 e. The van der Waals surface area contributed by atoms with Gasteiger partial charge in [-0.15, -0.1) is 0 Å². The summed E-state index contributed by atoms with van der Waals surface area (Å²) in [7, 11) is 0. The van der Waals surface area contributed by atoms with Crippen molar-refractivity contribution >= 4 is 11.9 Å². The van der Waals surface area contributed by atoms with Crippen molar-refractivity contribution in [2.45, 2.75) is 26.5 Å². The first-order valence-corrected chi connectivity index (χ1v) is 7.29. The van der Waals surface area contributed by atoms with Gasteiger partial charge in [-0.3, -0.25) is 4.79 Å². The second kappa shape index (κ2) is 7.45. The average Bonchev–Trinajstić information content (AvgIpc) is 2.53. The van der Waals surface area contributed by atoms with E-state index in [9.17, 15) is 9.59 Å². The largest absolute Gasteiger partial charge is 0.481 e. The fourth-order valence-electron chi connectivity index (χ4n) is 2.04. The maximum atomic E-state index is 12.1. The van der Waals surface area contributed by atoms with Gasteiger partial charge < -0.3 is 15.2 Å². The second-order valence-corrected chi connectivity index (χ2v) is 5.30. The molecule has 120 valence electrons. The Morgan fingerprint density at radius 3 is 2.48 bits per heavy atom. The lowest BCUT2D eigenvalue weighted by Crippen LogP contribution is -2.35. The molecule has 1 amide bonds. The highest BCUT2D eigenvalue weighted by Crippen LogP contribution is 2.14. The van der Waals surface area contributed by atoms with Gasteiger partial charge in [-0.2, -0.15) is 0 Å². The monoisotopic (exact) mass is 313 g/mol. The summed E-state index contributed by atoms with van der Waals surface area (Å²) in [5.41, 5.74) is 2.11. The van der Waals surface area contributed by atoms with Crippen LogP contribution in [-0.4, -0.2) is 23.1 Å². The zero-order chi connectivity index (χ0) is 16.8. The third-order valence-corrected chi connectivity index (χ3v) is 3.34. The molecule has 1 unspecified atom stereocenters. The molecule has 0 bridgehead atoms. The van der Waals surface area contributed by atoms with Gasteiger partial charge in [-0.05, 0) is 49.2 Å². The van der Waals surface area contributed by atoms with Crippen LogP contribution >= 0.6 is 0 Å². The quantitative estimate of drug-likeness (QED) is 0.860. The first-order chi connectivity index (χ1) is 11.0. The first kappa shape index (κ1) is 16.5. The molecule has 0 saturated carbocycles. The Kier molecular flexibility index (Phi) is 5.36. The van der Waals surface area contributed by atoms with Crippen molar-refractivity contribution in [2.75, 3.05) is 0 Å². The highest BCUT2D eigenvalue weighted by atomic mass is 16.5. The molecule has 2 aromatic rings. The Labute approximate surface area is 134 Å². The number of ether oxygens (including phenoxy) is 1. The van der Waals surface area contributed by atoms with Crippen LogP contribution in [0.5, 0.6) is 5.75 Å². The molecule has 5 nitrogen and oxygen atoms in total. The van der Waals surface area contributed by atoms with Gasteiger partial charge in [0.25, 0.3) is 5.91 Å². The molecule has 0 aliphatic carbocycles. The maximum absolute atomic E-state index is 12.1. The Balaban J connectivity index is 1.87. The summed E-state index contributed by atoms with van der Waals surface area (Å²) in [5, 5.41) is 11.6. The molecule has 0 fully saturated rings. The molecule has 2 N–H and O–H groups in total. The first-order valence-electron chi connectivity index (χ1n) is 7.29. The van der Waals surface area contributed by atoms with Crippen molar-refractivity contribution in [2.24, 2.45) is 0 Å². The van der Waals surface area contributed by atoms with Crippen LogP contribution < -0.4 is 10.1 Å². The lowest BCUT2D eigenvalue weighted by Gasteiger charge is -2.15. The zero-order valence-electron chi connectivity index (χ0n) is 13.1. The predicted molar refractivity (Wildman–Crippen MR) is 86.5 cm³/mol. The van der Waals surface area contributed by atoms with E-state index in [0.29, 0.717) is 12.3 Å². The third kappa shape index (κ3) is 4.85. The van der Waals surface area contributed by atoms with Crippen LogP contribution in [-0.2, 0) is 11.3 Å². The molecule has 0 aliphatic rings. The highest BCUT2D eigenvalue weighted by Gasteiger charge is 2.14. The van der Waals surface area contributed by atoms with Crippen molar-refractivity contribution in [3.63, 3.8) is 0 Å². The lowest BCUT2D eigenvalue weighted by molar-refractivity contribution is -0.127. The number of nitrogens with one attached hydrogen (secondary N) is 1. The van der Waals surface area contributed by atoms with Gasteiger partial charge in [-0.1, -0.05) is 24.3 Å². The van der Waals surface area contributed by atoms with Crippen LogP contribution in [0, 0.1) is 6.92 Å². The molecule has 0 spiro atoms. The molecule has 1 atom stereocenters. The van der Waals surface area contributed by atoms with Crippen LogP contribution in [0.25, 0.3) is 0 Å². The number of benzene rings is 2. The summed E-state index contributed by atoms with van der Waals surface area (Å²) in [6.07, 6.45) is -0.616. The SMILES string of the molecule is Cc1cccc(OC(C)C(=O)NCc2ccc(C(=O)O)cc2)c1. The molecule has 23 heavy (non-hydrogen) atoms. The second-order valence-electron chi connectivity index (χ2n) is 5.30. The minimum Gasteiger partial charge on any atom is -0.481 e. The number of carbonyl (C=O) groups excluding carboxylic acids is 1. The van der Waals surface area contributed by atoms with Crippen LogP contribution in [0.1, 0.15) is 28.4 Å². The lowest BCUT2D eigenvalue weighted by atomic mass is 10.1. The van der Waals surface area contributed by atoms with Crippen molar-refractivity contribution in [1.82, 2.24) is 5.32 Å². The van der Waals surface area contributed by atoms with E-state index in [1.165, 1.54) is 12.1 Å². The van der Waals surface area contributed by atoms with Crippen LogP contribution in [0.3, 0.4) is 0 Å². The Morgan fingerprint density at radius 2 is 1.87 bits per heavy atom. The van der Waals surface area contributed by atoms with Gasteiger partial charge in [0.1, 0.15) is 5.75 Å². The molecule has 0 saturated heterocycles. The number of hydrogen-bond donors (Lipinski definition) is 2. The van der Waals surface area contributed by atoms with E-state index >= 15 is 0 Å². The summed E-state index contributed by atoms with van der Waals surface area (Å²) in [6.45, 7) is 3.96. The van der Waals surface area contributed by atoms with E-state index in [1.54, 1.807) is 25.1 Å². The number of aryl methyl sites for hydroxylation is 1. The zero-order valence-corrected chi connectivity index (χ0v) is 13.1. The summed E-state index contributed by atoms with van der Waals surface area (Å²) in [6, 6.07) is 13.9. The fourth-order valence-corrected chi connectivity index (χ4v) is 2.04. The molecule has 2 aromatic carbocycles. The van der Waals surface area contributed by atoms with Gasteiger partial charge in [0.2, 0.25) is 0 Å². The van der Waals surface area contributed by atoms with E-state index in [0.717, 1.165) is 11.1 Å². The summed E-state index contributed by atoms with van der Waals surface area (Å²) < 4.78 is 5.61. The molecule has 0 aromatic heterocycles. The normalized spacial score (nSPS) is 11.6. The third-order valence-electron chi connectivity index (χ3n) is 3.34. The molecule has 0 aliphatic heterocycles. The summed E-state index contributed by atoms with van der Waals surface area (Å²) in [4.78, 5) is 22.8. The van der Waals surface area contributed by atoms with Crippen molar-refractivity contribution < 1.29 is 19.4 Å². The number of carboxylic acids is 1. The molecule has 0 radical (unpaired) electrons. The minimum absolute atomic E-state index is 0.219. The summed E-state index contributed by atoms with van der Waals surface area (Å²) >= 11 is 0.